The molecule has 1 aromatic heterocycles. The van der Waals surface area contributed by atoms with Crippen LogP contribution in [-0.2, 0) is 0 Å². The van der Waals surface area contributed by atoms with Crippen molar-refractivity contribution in [1.29, 1.82) is 0 Å². The Bertz CT molecular complexity index is 718. The number of aliphatic hydroxyl groups is 1. The third kappa shape index (κ3) is 3.93. The SMILES string of the molecule is Cc1nn(-c2ccccc2)c(C)c1C(=O)NC(CO)CC1CCCC1. The number of carbonyl (C=O) groups is 1. The van der Waals surface area contributed by atoms with E-state index in [9.17, 15) is 9.90 Å². The van der Waals surface area contributed by atoms with Crippen molar-refractivity contribution in [2.24, 2.45) is 5.92 Å². The molecule has 0 radical (unpaired) electrons. The summed E-state index contributed by atoms with van der Waals surface area (Å²) in [4.78, 5) is 12.8. The van der Waals surface area contributed by atoms with E-state index in [0.717, 1.165) is 17.8 Å². The second-order valence-corrected chi connectivity index (χ2v) is 7.03. The second kappa shape index (κ2) is 7.83. The average Bonchev–Trinajstić information content (AvgIpc) is 3.22. The fraction of sp³-hybridized carbons (Fsp3) is 0.500. The summed E-state index contributed by atoms with van der Waals surface area (Å²) in [5, 5.41) is 17.2. The molecule has 1 aliphatic rings. The van der Waals surface area contributed by atoms with Gasteiger partial charge in [-0.25, -0.2) is 4.68 Å². The van der Waals surface area contributed by atoms with Crippen LogP contribution in [0.3, 0.4) is 0 Å². The molecule has 1 saturated carbocycles. The highest BCUT2D eigenvalue weighted by molar-refractivity contribution is 5.96. The Kier molecular flexibility index (Phi) is 5.53. The third-order valence-corrected chi connectivity index (χ3v) is 5.17. The minimum absolute atomic E-state index is 0.0207. The van der Waals surface area contributed by atoms with Crippen LogP contribution in [0.2, 0.25) is 0 Å². The van der Waals surface area contributed by atoms with Crippen molar-refractivity contribution in [3.63, 3.8) is 0 Å². The van der Waals surface area contributed by atoms with Gasteiger partial charge in [-0.3, -0.25) is 4.79 Å². The smallest absolute Gasteiger partial charge is 0.255 e. The van der Waals surface area contributed by atoms with Gasteiger partial charge in [0.25, 0.3) is 5.91 Å². The molecule has 0 bridgehead atoms. The molecule has 1 aromatic carbocycles. The monoisotopic (exact) mass is 341 g/mol. The molecular formula is C20H27N3O2. The number of aliphatic hydroxyl groups excluding tert-OH is 1. The van der Waals surface area contributed by atoms with E-state index < -0.39 is 0 Å². The fourth-order valence-corrected chi connectivity index (χ4v) is 3.88. The number of carbonyl (C=O) groups excluding carboxylic acids is 1. The lowest BCUT2D eigenvalue weighted by Crippen LogP contribution is -2.39. The predicted octanol–water partition coefficient (Wildman–Crippen LogP) is 3.16. The van der Waals surface area contributed by atoms with Gasteiger partial charge in [0.2, 0.25) is 0 Å². The molecule has 0 saturated heterocycles. The summed E-state index contributed by atoms with van der Waals surface area (Å²) in [5.41, 5.74) is 3.07. The maximum atomic E-state index is 12.8. The molecule has 1 heterocycles. The summed E-state index contributed by atoms with van der Waals surface area (Å²) >= 11 is 0. The summed E-state index contributed by atoms with van der Waals surface area (Å²) in [6, 6.07) is 9.62. The van der Waals surface area contributed by atoms with Crippen molar-refractivity contribution >= 4 is 5.91 Å². The fourth-order valence-electron chi connectivity index (χ4n) is 3.88. The quantitative estimate of drug-likeness (QED) is 0.848. The number of aryl methyl sites for hydroxylation is 1. The average molecular weight is 341 g/mol. The Morgan fingerprint density at radius 2 is 1.96 bits per heavy atom. The van der Waals surface area contributed by atoms with Crippen molar-refractivity contribution in [3.8, 4) is 5.69 Å². The number of nitrogens with zero attached hydrogens (tertiary/aromatic N) is 2. The number of hydrogen-bond donors (Lipinski definition) is 2. The van der Waals surface area contributed by atoms with Crippen LogP contribution in [-0.4, -0.2) is 33.4 Å². The number of amides is 1. The third-order valence-electron chi connectivity index (χ3n) is 5.17. The second-order valence-electron chi connectivity index (χ2n) is 7.03. The summed E-state index contributed by atoms with van der Waals surface area (Å²) in [7, 11) is 0. The van der Waals surface area contributed by atoms with Crippen LogP contribution in [0.1, 0.15) is 53.8 Å². The molecule has 3 rings (SSSR count). The number of benzene rings is 1. The zero-order chi connectivity index (χ0) is 17.8. The number of aromatic nitrogens is 2. The Morgan fingerprint density at radius 3 is 2.60 bits per heavy atom. The highest BCUT2D eigenvalue weighted by atomic mass is 16.3. The first-order valence-corrected chi connectivity index (χ1v) is 9.13. The molecular weight excluding hydrogens is 314 g/mol. The molecule has 2 aromatic rings. The highest BCUT2D eigenvalue weighted by Gasteiger charge is 2.24. The van der Waals surface area contributed by atoms with Gasteiger partial charge in [-0.05, 0) is 38.3 Å². The Balaban J connectivity index is 1.76. The molecule has 134 valence electrons. The van der Waals surface area contributed by atoms with Crippen LogP contribution in [0.4, 0.5) is 0 Å². The van der Waals surface area contributed by atoms with Gasteiger partial charge in [0, 0.05) is 0 Å². The van der Waals surface area contributed by atoms with Gasteiger partial charge in [-0.15, -0.1) is 0 Å². The lowest BCUT2D eigenvalue weighted by atomic mass is 9.98. The topological polar surface area (TPSA) is 67.2 Å². The number of para-hydroxylation sites is 1. The molecule has 5 nitrogen and oxygen atoms in total. The van der Waals surface area contributed by atoms with Crippen LogP contribution >= 0.6 is 0 Å². The Labute approximate surface area is 149 Å². The molecule has 5 heteroatoms. The highest BCUT2D eigenvalue weighted by Crippen LogP contribution is 2.28. The summed E-state index contributed by atoms with van der Waals surface area (Å²) < 4.78 is 1.80. The predicted molar refractivity (Wildman–Crippen MR) is 98.0 cm³/mol. The first-order valence-electron chi connectivity index (χ1n) is 9.13. The van der Waals surface area contributed by atoms with E-state index in [4.69, 9.17) is 0 Å². The summed E-state index contributed by atoms with van der Waals surface area (Å²) in [5.74, 6) is 0.473. The lowest BCUT2D eigenvalue weighted by Gasteiger charge is -2.20. The van der Waals surface area contributed by atoms with Gasteiger partial charge >= 0.3 is 0 Å². The van der Waals surface area contributed by atoms with Gasteiger partial charge in [0.05, 0.1) is 35.3 Å². The molecule has 2 N–H and O–H groups in total. The van der Waals surface area contributed by atoms with Crippen LogP contribution in [0, 0.1) is 19.8 Å². The first kappa shape index (κ1) is 17.7. The van der Waals surface area contributed by atoms with Crippen LogP contribution < -0.4 is 5.32 Å². The van der Waals surface area contributed by atoms with Gasteiger partial charge < -0.3 is 10.4 Å². The zero-order valence-electron chi connectivity index (χ0n) is 15.0. The van der Waals surface area contributed by atoms with Gasteiger partial charge in [0.1, 0.15) is 0 Å². The van der Waals surface area contributed by atoms with Crippen LogP contribution in [0.25, 0.3) is 5.69 Å². The summed E-state index contributed by atoms with van der Waals surface area (Å²) in [6.45, 7) is 3.74. The largest absolute Gasteiger partial charge is 0.394 e. The van der Waals surface area contributed by atoms with Crippen molar-refractivity contribution < 1.29 is 9.90 Å². The molecule has 0 spiro atoms. The lowest BCUT2D eigenvalue weighted by molar-refractivity contribution is 0.0905. The first-order chi connectivity index (χ1) is 12.1. The van der Waals surface area contributed by atoms with E-state index in [1.54, 1.807) is 4.68 Å². The molecule has 1 amide bonds. The Morgan fingerprint density at radius 1 is 1.28 bits per heavy atom. The van der Waals surface area contributed by atoms with Gasteiger partial charge in [0.15, 0.2) is 0 Å². The molecule has 0 aliphatic heterocycles. The van der Waals surface area contributed by atoms with E-state index in [1.807, 2.05) is 44.2 Å². The normalized spacial score (nSPS) is 16.1. The molecule has 1 atom stereocenters. The zero-order valence-corrected chi connectivity index (χ0v) is 15.0. The number of nitrogens with one attached hydrogen (secondary N) is 1. The maximum Gasteiger partial charge on any atom is 0.255 e. The van der Waals surface area contributed by atoms with Gasteiger partial charge in [-0.2, -0.15) is 5.10 Å². The van der Waals surface area contributed by atoms with Crippen molar-refractivity contribution in [3.05, 3.63) is 47.3 Å². The van der Waals surface area contributed by atoms with Crippen LogP contribution in [0.15, 0.2) is 30.3 Å². The molecule has 1 unspecified atom stereocenters. The van der Waals surface area contributed by atoms with Gasteiger partial charge in [-0.1, -0.05) is 43.9 Å². The van der Waals surface area contributed by atoms with Crippen molar-refractivity contribution in [2.75, 3.05) is 6.61 Å². The summed E-state index contributed by atoms with van der Waals surface area (Å²) in [6.07, 6.45) is 5.79. The van der Waals surface area contributed by atoms with Crippen molar-refractivity contribution in [1.82, 2.24) is 15.1 Å². The van der Waals surface area contributed by atoms with E-state index in [0.29, 0.717) is 17.2 Å². The van der Waals surface area contributed by atoms with Crippen LogP contribution in [0.5, 0.6) is 0 Å². The van der Waals surface area contributed by atoms with E-state index in [-0.39, 0.29) is 18.6 Å². The number of hydrogen-bond acceptors (Lipinski definition) is 3. The Hall–Kier alpha value is -2.14. The van der Waals surface area contributed by atoms with E-state index >= 15 is 0 Å². The standard InChI is InChI=1S/C20H27N3O2/c1-14-19(15(2)23(22-14)18-10-4-3-5-11-18)20(25)21-17(13-24)12-16-8-6-7-9-16/h3-5,10-11,16-17,24H,6-9,12-13H2,1-2H3,(H,21,25). The van der Waals surface area contributed by atoms with Crippen molar-refractivity contribution in [2.45, 2.75) is 52.0 Å². The minimum atomic E-state index is -0.186. The van der Waals surface area contributed by atoms with E-state index in [1.165, 1.54) is 25.7 Å². The number of rotatable bonds is 6. The maximum absolute atomic E-state index is 12.8. The molecule has 25 heavy (non-hydrogen) atoms. The molecule has 1 fully saturated rings. The van der Waals surface area contributed by atoms with E-state index in [2.05, 4.69) is 10.4 Å². The minimum Gasteiger partial charge on any atom is -0.394 e. The molecule has 1 aliphatic carbocycles.